The number of para-hydroxylation sites is 1. The topological polar surface area (TPSA) is 87.6 Å². The number of aromatic carboxylic acids is 1. The molecule has 2 aliphatic rings. The molecule has 2 fully saturated rings. The van der Waals surface area contributed by atoms with E-state index in [4.69, 9.17) is 11.6 Å². The summed E-state index contributed by atoms with van der Waals surface area (Å²) in [6.07, 6.45) is 1.22. The van der Waals surface area contributed by atoms with Crippen LogP contribution in [0.1, 0.15) is 23.2 Å². The van der Waals surface area contributed by atoms with E-state index in [0.29, 0.717) is 45.7 Å². The van der Waals surface area contributed by atoms with E-state index in [1.807, 2.05) is 0 Å². The highest BCUT2D eigenvalue weighted by Crippen LogP contribution is 2.44. The lowest BCUT2D eigenvalue weighted by atomic mass is 9.81. The van der Waals surface area contributed by atoms with E-state index in [0.717, 1.165) is 0 Å². The molecule has 4 unspecified atom stereocenters. The minimum absolute atomic E-state index is 0.101. The molecule has 9 heteroatoms. The number of anilines is 1. The zero-order valence-corrected chi connectivity index (χ0v) is 21.0. The highest BCUT2D eigenvalue weighted by atomic mass is 79.9. The zero-order chi connectivity index (χ0) is 23.4. The summed E-state index contributed by atoms with van der Waals surface area (Å²) < 4.78 is 0. The third-order valence-corrected chi connectivity index (χ3v) is 9.39. The Balaban J connectivity index is 1.50. The number of fused-ring (bicyclic) bond motifs is 2. The Hall–Kier alpha value is -2.29. The van der Waals surface area contributed by atoms with Gasteiger partial charge >= 0.3 is 5.97 Å². The number of hydrogen-bond acceptors (Lipinski definition) is 4. The molecule has 6 nitrogen and oxygen atoms in total. The molecule has 3 aromatic rings. The number of imide groups is 1. The molecule has 2 heterocycles. The average Bonchev–Trinajstić information content (AvgIpc) is 3.03. The Kier molecular flexibility index (Phi) is 5.79. The van der Waals surface area contributed by atoms with Crippen LogP contribution < -0.4 is 4.90 Å². The van der Waals surface area contributed by atoms with Crippen molar-refractivity contribution >= 4 is 77.8 Å². The van der Waals surface area contributed by atoms with Gasteiger partial charge in [0.25, 0.3) is 0 Å². The van der Waals surface area contributed by atoms with Gasteiger partial charge in [-0.25, -0.2) is 9.78 Å². The Labute approximate surface area is 211 Å². The first-order valence-electron chi connectivity index (χ1n) is 10.3. The highest BCUT2D eigenvalue weighted by molar-refractivity contribution is 9.12. The van der Waals surface area contributed by atoms with E-state index in [-0.39, 0.29) is 38.9 Å². The Morgan fingerprint density at radius 3 is 2.18 bits per heavy atom. The number of rotatable bonds is 3. The maximum Gasteiger partial charge on any atom is 0.336 e. The molecule has 0 radical (unpaired) electrons. The standard InChI is InChI=1S/C24H17Br2ClN2O4/c25-17-8-14-15(9-18(17)26)23(31)29(22(14)30)12-6-4-11(5-7-12)20-10-16(24(32)33)13-2-1-3-19(27)21(13)28-20/h1-7,10,14-15,17-18H,8-9H2,(H,32,33). The predicted molar refractivity (Wildman–Crippen MR) is 133 cm³/mol. The summed E-state index contributed by atoms with van der Waals surface area (Å²) in [4.78, 5) is 44.0. The van der Waals surface area contributed by atoms with Crippen LogP contribution in [0.3, 0.4) is 0 Å². The average molecular weight is 593 g/mol. The van der Waals surface area contributed by atoms with Crippen LogP contribution in [0, 0.1) is 11.8 Å². The third kappa shape index (κ3) is 3.78. The zero-order valence-electron chi connectivity index (χ0n) is 17.0. The van der Waals surface area contributed by atoms with Crippen molar-refractivity contribution in [1.82, 2.24) is 4.98 Å². The van der Waals surface area contributed by atoms with Gasteiger partial charge < -0.3 is 5.11 Å². The molecular formula is C24H17Br2ClN2O4. The van der Waals surface area contributed by atoms with Crippen molar-refractivity contribution in [1.29, 1.82) is 0 Å². The fourth-order valence-electron chi connectivity index (χ4n) is 4.67. The van der Waals surface area contributed by atoms with Crippen molar-refractivity contribution in [3.8, 4) is 11.3 Å². The number of hydrogen-bond donors (Lipinski definition) is 1. The second kappa shape index (κ2) is 8.49. The van der Waals surface area contributed by atoms with Gasteiger partial charge in [-0.2, -0.15) is 0 Å². The predicted octanol–water partition coefficient (Wildman–Crippen LogP) is 5.68. The first-order valence-corrected chi connectivity index (χ1v) is 12.6. The number of nitrogens with zero attached hydrogens (tertiary/aromatic N) is 2. The summed E-state index contributed by atoms with van der Waals surface area (Å²) in [5.74, 6) is -2.07. The number of carbonyl (C=O) groups is 3. The largest absolute Gasteiger partial charge is 0.478 e. The van der Waals surface area contributed by atoms with Crippen molar-refractivity contribution in [2.45, 2.75) is 22.5 Å². The molecule has 1 aliphatic heterocycles. The number of carboxylic acid groups (broad SMARTS) is 1. The Morgan fingerprint density at radius 1 is 1.00 bits per heavy atom. The minimum atomic E-state index is -1.08. The lowest BCUT2D eigenvalue weighted by molar-refractivity contribution is -0.122. The molecule has 1 saturated heterocycles. The molecule has 33 heavy (non-hydrogen) atoms. The summed E-state index contributed by atoms with van der Waals surface area (Å²) in [5, 5.41) is 10.5. The third-order valence-electron chi connectivity index (χ3n) is 6.35. The summed E-state index contributed by atoms with van der Waals surface area (Å²) in [6, 6.07) is 13.4. The van der Waals surface area contributed by atoms with Crippen molar-refractivity contribution < 1.29 is 19.5 Å². The fraction of sp³-hybridized carbons (Fsp3) is 0.250. The van der Waals surface area contributed by atoms with Gasteiger partial charge in [-0.05, 0) is 37.1 Å². The maximum atomic E-state index is 13.0. The van der Waals surface area contributed by atoms with Crippen LogP contribution in [0.25, 0.3) is 22.2 Å². The van der Waals surface area contributed by atoms with Crippen LogP contribution in [0.15, 0.2) is 48.5 Å². The summed E-state index contributed by atoms with van der Waals surface area (Å²) in [6.45, 7) is 0. The molecule has 168 valence electrons. The van der Waals surface area contributed by atoms with Gasteiger partial charge in [0.05, 0.1) is 39.3 Å². The highest BCUT2D eigenvalue weighted by Gasteiger charge is 2.52. The normalized spacial score (nSPS) is 24.9. The lowest BCUT2D eigenvalue weighted by Crippen LogP contribution is -2.34. The molecule has 0 spiro atoms. The number of benzene rings is 2. The first kappa shape index (κ1) is 22.5. The van der Waals surface area contributed by atoms with Crippen molar-refractivity contribution in [3.63, 3.8) is 0 Å². The van der Waals surface area contributed by atoms with E-state index >= 15 is 0 Å². The molecule has 2 aromatic carbocycles. The second-order valence-corrected chi connectivity index (χ2v) is 11.0. The van der Waals surface area contributed by atoms with E-state index < -0.39 is 5.97 Å². The Morgan fingerprint density at radius 2 is 1.61 bits per heavy atom. The smallest absolute Gasteiger partial charge is 0.336 e. The van der Waals surface area contributed by atoms with Gasteiger partial charge in [0.15, 0.2) is 0 Å². The van der Waals surface area contributed by atoms with Crippen LogP contribution in [0.4, 0.5) is 5.69 Å². The molecule has 1 saturated carbocycles. The lowest BCUT2D eigenvalue weighted by Gasteiger charge is -2.29. The number of pyridine rings is 1. The van der Waals surface area contributed by atoms with Gasteiger partial charge in [0, 0.05) is 20.6 Å². The van der Waals surface area contributed by atoms with Crippen molar-refractivity contribution in [2.24, 2.45) is 11.8 Å². The quantitative estimate of drug-likeness (QED) is 0.313. The summed E-state index contributed by atoms with van der Waals surface area (Å²) in [7, 11) is 0. The number of aromatic nitrogens is 1. The second-order valence-electron chi connectivity index (χ2n) is 8.27. The van der Waals surface area contributed by atoms with E-state index in [9.17, 15) is 19.5 Å². The van der Waals surface area contributed by atoms with Gasteiger partial charge in [-0.1, -0.05) is 67.7 Å². The van der Waals surface area contributed by atoms with E-state index in [2.05, 4.69) is 36.8 Å². The van der Waals surface area contributed by atoms with Gasteiger partial charge in [0.2, 0.25) is 11.8 Å². The van der Waals surface area contributed by atoms with Crippen LogP contribution in [-0.2, 0) is 9.59 Å². The van der Waals surface area contributed by atoms with Crippen molar-refractivity contribution in [2.75, 3.05) is 4.90 Å². The number of carbonyl (C=O) groups excluding carboxylic acids is 2. The Bertz CT molecular complexity index is 1290. The number of halogens is 3. The van der Waals surface area contributed by atoms with Crippen LogP contribution >= 0.6 is 43.5 Å². The molecule has 4 atom stereocenters. The SMILES string of the molecule is O=C(O)c1cc(-c2ccc(N3C(=O)C4CC(Br)C(Br)CC4C3=O)cc2)nc2c(Cl)cccc12. The maximum absolute atomic E-state index is 13.0. The van der Waals surface area contributed by atoms with Crippen LogP contribution in [0.5, 0.6) is 0 Å². The molecule has 5 rings (SSSR count). The van der Waals surface area contributed by atoms with Crippen LogP contribution in [-0.4, -0.2) is 37.5 Å². The number of alkyl halides is 2. The molecule has 2 amide bonds. The number of amides is 2. The summed E-state index contributed by atoms with van der Waals surface area (Å²) >= 11 is 13.5. The van der Waals surface area contributed by atoms with Gasteiger partial charge in [0.1, 0.15) is 0 Å². The molecule has 1 N–H and O–H groups in total. The summed E-state index contributed by atoms with van der Waals surface area (Å²) in [5.41, 5.74) is 2.10. The molecule has 1 aliphatic carbocycles. The van der Waals surface area contributed by atoms with Crippen LogP contribution in [0.2, 0.25) is 5.02 Å². The fourth-order valence-corrected chi connectivity index (χ4v) is 6.12. The van der Waals surface area contributed by atoms with Gasteiger partial charge in [-0.15, -0.1) is 0 Å². The molecule has 1 aromatic heterocycles. The first-order chi connectivity index (χ1) is 15.8. The van der Waals surface area contributed by atoms with Gasteiger partial charge in [-0.3, -0.25) is 14.5 Å². The van der Waals surface area contributed by atoms with E-state index in [1.54, 1.807) is 42.5 Å². The van der Waals surface area contributed by atoms with E-state index in [1.165, 1.54) is 11.0 Å². The molecular weight excluding hydrogens is 576 g/mol. The minimum Gasteiger partial charge on any atom is -0.478 e. The monoisotopic (exact) mass is 590 g/mol. The number of carboxylic acids is 1. The molecule has 0 bridgehead atoms. The van der Waals surface area contributed by atoms with Crippen molar-refractivity contribution in [3.05, 3.63) is 59.1 Å².